The molecule has 0 aliphatic carbocycles. The van der Waals surface area contributed by atoms with E-state index in [1.165, 1.54) is 0 Å². The fourth-order valence-corrected chi connectivity index (χ4v) is 1.15. The molecule has 0 saturated carbocycles. The molecular formula is C8H20N3. The molecule has 0 aliphatic heterocycles. The molecule has 67 valence electrons. The largest absolute Gasteiger partial charge is 0.317 e. The predicted molar refractivity (Wildman–Crippen MR) is 48.6 cm³/mol. The number of rotatable bonds is 6. The Morgan fingerprint density at radius 2 is 2.27 bits per heavy atom. The minimum Gasteiger partial charge on any atom is -0.317 e. The van der Waals surface area contributed by atoms with E-state index in [0.717, 1.165) is 19.4 Å². The zero-order chi connectivity index (χ0) is 8.69. The van der Waals surface area contributed by atoms with Crippen LogP contribution in [-0.2, 0) is 0 Å². The second-order valence-corrected chi connectivity index (χ2v) is 2.64. The van der Waals surface area contributed by atoms with Crippen LogP contribution in [0.5, 0.6) is 0 Å². The van der Waals surface area contributed by atoms with Crippen LogP contribution >= 0.6 is 0 Å². The van der Waals surface area contributed by atoms with Gasteiger partial charge < -0.3 is 5.73 Å². The van der Waals surface area contributed by atoms with Gasteiger partial charge in [0.2, 0.25) is 0 Å². The summed E-state index contributed by atoms with van der Waals surface area (Å²) in [5.41, 5.74) is 8.47. The lowest BCUT2D eigenvalue weighted by Gasteiger charge is -2.27. The molecule has 3 heteroatoms. The number of hydrogen-bond donors (Lipinski definition) is 2. The number of nitrogens with zero attached hydrogens (tertiary/aromatic N) is 1. The van der Waals surface area contributed by atoms with Gasteiger partial charge in [-0.25, -0.2) is 10.4 Å². The molecule has 0 amide bonds. The Hall–Kier alpha value is -0.120. The summed E-state index contributed by atoms with van der Waals surface area (Å²) in [7, 11) is 0. The van der Waals surface area contributed by atoms with Gasteiger partial charge in [0.25, 0.3) is 0 Å². The predicted octanol–water partition coefficient (Wildman–Crippen LogP) is 0.732. The summed E-state index contributed by atoms with van der Waals surface area (Å²) in [6, 6.07) is 0.529. The summed E-state index contributed by atoms with van der Waals surface area (Å²) >= 11 is 0. The number of nitrogens with two attached hydrogens (primary N) is 1. The zero-order valence-electron chi connectivity index (χ0n) is 7.64. The van der Waals surface area contributed by atoms with Gasteiger partial charge in [-0.1, -0.05) is 20.3 Å². The first-order valence-corrected chi connectivity index (χ1v) is 4.25. The first-order valence-electron chi connectivity index (χ1n) is 4.25. The summed E-state index contributed by atoms with van der Waals surface area (Å²) in [6.07, 6.45) is 2.09. The Bertz CT molecular complexity index is 85.4. The van der Waals surface area contributed by atoms with Crippen LogP contribution in [0.1, 0.15) is 26.7 Å². The molecule has 0 aromatic heterocycles. The highest BCUT2D eigenvalue weighted by Crippen LogP contribution is 2.01. The molecule has 3 nitrogen and oxygen atoms in total. The van der Waals surface area contributed by atoms with E-state index >= 15 is 0 Å². The number of hydrogen-bond acceptors (Lipinski definition) is 3. The van der Waals surface area contributed by atoms with Gasteiger partial charge in [0, 0.05) is 12.6 Å². The SMILES string of the molecule is [CH2]CCC(C)N(CC)NCN. The molecule has 0 aromatic rings. The molecule has 0 aliphatic rings. The normalized spacial score (nSPS) is 13.9. The van der Waals surface area contributed by atoms with E-state index in [0.29, 0.717) is 12.7 Å². The van der Waals surface area contributed by atoms with Crippen molar-refractivity contribution in [2.45, 2.75) is 32.7 Å². The fraction of sp³-hybridized carbons (Fsp3) is 0.875. The first-order chi connectivity index (χ1) is 5.26. The quantitative estimate of drug-likeness (QED) is 0.442. The summed E-state index contributed by atoms with van der Waals surface area (Å²) in [5.74, 6) is 0. The number of hydrazine groups is 1. The minimum atomic E-state index is 0.509. The second-order valence-electron chi connectivity index (χ2n) is 2.64. The van der Waals surface area contributed by atoms with Gasteiger partial charge in [0.05, 0.1) is 6.67 Å². The van der Waals surface area contributed by atoms with E-state index in [-0.39, 0.29) is 0 Å². The van der Waals surface area contributed by atoms with Crippen molar-refractivity contribution in [3.8, 4) is 0 Å². The van der Waals surface area contributed by atoms with Gasteiger partial charge in [0.1, 0.15) is 0 Å². The third kappa shape index (κ3) is 4.35. The molecule has 0 bridgehead atoms. The lowest BCUT2D eigenvalue weighted by Crippen LogP contribution is -2.46. The van der Waals surface area contributed by atoms with Crippen LogP contribution in [0.15, 0.2) is 0 Å². The van der Waals surface area contributed by atoms with Crippen LogP contribution in [-0.4, -0.2) is 24.3 Å². The highest BCUT2D eigenvalue weighted by atomic mass is 15.5. The molecule has 0 spiro atoms. The van der Waals surface area contributed by atoms with Crippen LogP contribution in [0.3, 0.4) is 0 Å². The standard InChI is InChI=1S/C8H20N3/c1-4-6-8(3)11(5-2)10-7-9/h8,10H,1,4-7,9H2,2-3H3. The smallest absolute Gasteiger partial charge is 0.0567 e. The summed E-state index contributed by atoms with van der Waals surface area (Å²) in [5, 5.41) is 2.14. The lowest BCUT2D eigenvalue weighted by atomic mass is 10.2. The van der Waals surface area contributed by atoms with Crippen molar-refractivity contribution in [2.24, 2.45) is 5.73 Å². The van der Waals surface area contributed by atoms with E-state index in [9.17, 15) is 0 Å². The number of nitrogens with one attached hydrogen (secondary N) is 1. The minimum absolute atomic E-state index is 0.509. The van der Waals surface area contributed by atoms with Crippen LogP contribution in [0.25, 0.3) is 0 Å². The van der Waals surface area contributed by atoms with Crippen molar-refractivity contribution in [1.82, 2.24) is 10.4 Å². The van der Waals surface area contributed by atoms with Gasteiger partial charge in [-0.05, 0) is 13.3 Å². The third-order valence-corrected chi connectivity index (χ3v) is 1.79. The molecule has 1 atom stereocenters. The van der Waals surface area contributed by atoms with E-state index in [1.54, 1.807) is 0 Å². The van der Waals surface area contributed by atoms with Crippen molar-refractivity contribution in [3.05, 3.63) is 6.92 Å². The van der Waals surface area contributed by atoms with Crippen LogP contribution < -0.4 is 11.2 Å². The molecule has 1 radical (unpaired) electrons. The van der Waals surface area contributed by atoms with E-state index < -0.39 is 0 Å². The van der Waals surface area contributed by atoms with Crippen LogP contribution in [0, 0.1) is 6.92 Å². The highest BCUT2D eigenvalue weighted by molar-refractivity contribution is 4.62. The molecule has 0 fully saturated rings. The summed E-state index contributed by atoms with van der Waals surface area (Å²) in [4.78, 5) is 0. The maximum Gasteiger partial charge on any atom is 0.0567 e. The van der Waals surface area contributed by atoms with Crippen molar-refractivity contribution in [1.29, 1.82) is 0 Å². The molecule has 0 saturated heterocycles. The van der Waals surface area contributed by atoms with Crippen molar-refractivity contribution < 1.29 is 0 Å². The maximum atomic E-state index is 5.37. The average molecular weight is 158 g/mol. The molecule has 0 rings (SSSR count). The second kappa shape index (κ2) is 6.58. The topological polar surface area (TPSA) is 41.3 Å². The fourth-order valence-electron chi connectivity index (χ4n) is 1.15. The van der Waals surface area contributed by atoms with Crippen molar-refractivity contribution >= 4 is 0 Å². The average Bonchev–Trinajstić information content (AvgIpc) is 2.00. The lowest BCUT2D eigenvalue weighted by molar-refractivity contribution is 0.138. The van der Waals surface area contributed by atoms with Gasteiger partial charge in [-0.3, -0.25) is 0 Å². The van der Waals surface area contributed by atoms with Crippen molar-refractivity contribution in [3.63, 3.8) is 0 Å². The Labute approximate surface area is 69.9 Å². The van der Waals surface area contributed by atoms with Gasteiger partial charge in [-0.2, -0.15) is 0 Å². The summed E-state index contributed by atoms with van der Waals surface area (Å²) < 4.78 is 0. The van der Waals surface area contributed by atoms with E-state index in [2.05, 4.69) is 31.2 Å². The zero-order valence-corrected chi connectivity index (χ0v) is 7.64. The Morgan fingerprint density at radius 1 is 1.64 bits per heavy atom. The van der Waals surface area contributed by atoms with E-state index in [1.807, 2.05) is 0 Å². The van der Waals surface area contributed by atoms with Gasteiger partial charge in [0.15, 0.2) is 0 Å². The molecule has 0 heterocycles. The van der Waals surface area contributed by atoms with Crippen LogP contribution in [0.4, 0.5) is 0 Å². The Morgan fingerprint density at radius 3 is 2.64 bits per heavy atom. The first kappa shape index (κ1) is 10.9. The van der Waals surface area contributed by atoms with Crippen molar-refractivity contribution in [2.75, 3.05) is 13.2 Å². The molecule has 0 aromatic carbocycles. The van der Waals surface area contributed by atoms with Gasteiger partial charge in [-0.15, -0.1) is 0 Å². The van der Waals surface area contributed by atoms with Gasteiger partial charge >= 0.3 is 0 Å². The molecular weight excluding hydrogens is 138 g/mol. The molecule has 3 N–H and O–H groups in total. The highest BCUT2D eigenvalue weighted by Gasteiger charge is 2.08. The van der Waals surface area contributed by atoms with E-state index in [4.69, 9.17) is 5.73 Å². The monoisotopic (exact) mass is 158 g/mol. The maximum absolute atomic E-state index is 5.37. The third-order valence-electron chi connectivity index (χ3n) is 1.79. The Balaban J connectivity index is 3.61. The Kier molecular flexibility index (Phi) is 6.51. The van der Waals surface area contributed by atoms with Crippen LogP contribution in [0.2, 0.25) is 0 Å². The molecule has 1 unspecified atom stereocenters. The summed E-state index contributed by atoms with van der Waals surface area (Å²) in [6.45, 7) is 9.60. The molecule has 11 heavy (non-hydrogen) atoms.